The fourth-order valence-corrected chi connectivity index (χ4v) is 2.97. The number of rotatable bonds is 3. The molecule has 1 aliphatic heterocycles. The molecule has 0 saturated carbocycles. The van der Waals surface area contributed by atoms with E-state index >= 15 is 0 Å². The number of aromatic amines is 1. The second kappa shape index (κ2) is 6.39. The predicted molar refractivity (Wildman–Crippen MR) is 92.4 cm³/mol. The number of fused-ring (bicyclic) bond motifs is 1. The van der Waals surface area contributed by atoms with E-state index in [9.17, 15) is 9.59 Å². The summed E-state index contributed by atoms with van der Waals surface area (Å²) >= 11 is 0. The fourth-order valence-electron chi connectivity index (χ4n) is 2.97. The van der Waals surface area contributed by atoms with E-state index in [0.29, 0.717) is 37.8 Å². The molecule has 3 heterocycles. The summed E-state index contributed by atoms with van der Waals surface area (Å²) in [6, 6.07) is 11.1. The average Bonchev–Trinajstić information content (AvgIpc) is 3.08. The minimum atomic E-state index is -0.301. The SMILES string of the molecule is O=C(Nc1ccc(=O)[nH]n1)C1CCN(c2nc3ccccc3o2)CC1. The van der Waals surface area contributed by atoms with Gasteiger partial charge < -0.3 is 14.6 Å². The van der Waals surface area contributed by atoms with Gasteiger partial charge in [0.15, 0.2) is 11.4 Å². The lowest BCUT2D eigenvalue weighted by molar-refractivity contribution is -0.120. The first-order valence-corrected chi connectivity index (χ1v) is 8.16. The van der Waals surface area contributed by atoms with Crippen molar-refractivity contribution in [1.29, 1.82) is 0 Å². The van der Waals surface area contributed by atoms with Gasteiger partial charge in [-0.3, -0.25) is 9.59 Å². The Morgan fingerprint density at radius 3 is 2.72 bits per heavy atom. The van der Waals surface area contributed by atoms with Gasteiger partial charge in [0.05, 0.1) is 0 Å². The van der Waals surface area contributed by atoms with Crippen LogP contribution in [0.3, 0.4) is 0 Å². The molecule has 0 atom stereocenters. The van der Waals surface area contributed by atoms with Crippen molar-refractivity contribution < 1.29 is 9.21 Å². The van der Waals surface area contributed by atoms with E-state index in [4.69, 9.17) is 4.42 Å². The lowest BCUT2D eigenvalue weighted by Gasteiger charge is -2.29. The van der Waals surface area contributed by atoms with Gasteiger partial charge in [0, 0.05) is 25.1 Å². The number of hydrogen-bond acceptors (Lipinski definition) is 6. The monoisotopic (exact) mass is 339 g/mol. The molecular weight excluding hydrogens is 322 g/mol. The molecule has 4 rings (SSSR count). The minimum Gasteiger partial charge on any atom is -0.423 e. The molecule has 0 spiro atoms. The summed E-state index contributed by atoms with van der Waals surface area (Å²) in [5.41, 5.74) is 1.30. The molecule has 1 aromatic carbocycles. The Bertz CT molecular complexity index is 903. The summed E-state index contributed by atoms with van der Waals surface area (Å²) in [5, 5.41) is 8.83. The zero-order chi connectivity index (χ0) is 17.2. The van der Waals surface area contributed by atoms with Gasteiger partial charge in [-0.25, -0.2) is 5.10 Å². The molecule has 0 bridgehead atoms. The molecule has 2 aromatic heterocycles. The van der Waals surface area contributed by atoms with Crippen LogP contribution < -0.4 is 15.8 Å². The van der Waals surface area contributed by atoms with Crippen LogP contribution in [0.25, 0.3) is 11.1 Å². The number of nitrogens with one attached hydrogen (secondary N) is 2. The lowest BCUT2D eigenvalue weighted by atomic mass is 9.96. The number of nitrogens with zero attached hydrogens (tertiary/aromatic N) is 3. The molecule has 1 saturated heterocycles. The van der Waals surface area contributed by atoms with Gasteiger partial charge in [-0.15, -0.1) is 0 Å². The molecule has 8 heteroatoms. The van der Waals surface area contributed by atoms with E-state index in [0.717, 1.165) is 11.1 Å². The van der Waals surface area contributed by atoms with Crippen molar-refractivity contribution in [1.82, 2.24) is 15.2 Å². The molecule has 1 amide bonds. The molecule has 1 aliphatic rings. The number of oxazole rings is 1. The van der Waals surface area contributed by atoms with Gasteiger partial charge in [-0.05, 0) is 31.0 Å². The van der Waals surface area contributed by atoms with E-state index in [1.807, 2.05) is 24.3 Å². The summed E-state index contributed by atoms with van der Waals surface area (Å²) < 4.78 is 5.78. The largest absolute Gasteiger partial charge is 0.423 e. The number of carbonyl (C=O) groups is 1. The van der Waals surface area contributed by atoms with Gasteiger partial charge in [-0.1, -0.05) is 12.1 Å². The van der Waals surface area contributed by atoms with E-state index in [1.165, 1.54) is 12.1 Å². The number of piperidine rings is 1. The number of aromatic nitrogens is 3. The van der Waals surface area contributed by atoms with E-state index in [2.05, 4.69) is 25.4 Å². The summed E-state index contributed by atoms with van der Waals surface area (Å²) in [5.74, 6) is 0.164. The van der Waals surface area contributed by atoms with E-state index in [1.54, 1.807) is 0 Å². The number of para-hydroxylation sites is 2. The summed E-state index contributed by atoms with van der Waals surface area (Å²) in [6.45, 7) is 1.40. The molecule has 0 radical (unpaired) electrons. The third kappa shape index (κ3) is 3.23. The third-order valence-corrected chi connectivity index (χ3v) is 4.35. The van der Waals surface area contributed by atoms with Crippen molar-refractivity contribution in [2.24, 2.45) is 5.92 Å². The number of hydrogen-bond donors (Lipinski definition) is 2. The molecule has 8 nitrogen and oxygen atoms in total. The summed E-state index contributed by atoms with van der Waals surface area (Å²) in [4.78, 5) is 29.9. The van der Waals surface area contributed by atoms with Crippen LogP contribution in [-0.4, -0.2) is 34.2 Å². The van der Waals surface area contributed by atoms with E-state index < -0.39 is 0 Å². The zero-order valence-corrected chi connectivity index (χ0v) is 13.4. The van der Waals surface area contributed by atoms with Crippen LogP contribution in [0.1, 0.15) is 12.8 Å². The number of anilines is 2. The Labute approximate surface area is 142 Å². The number of H-pyrrole nitrogens is 1. The molecular formula is C17H17N5O3. The Morgan fingerprint density at radius 1 is 1.20 bits per heavy atom. The highest BCUT2D eigenvalue weighted by atomic mass is 16.4. The predicted octanol–water partition coefficient (Wildman–Crippen LogP) is 1.77. The fraction of sp³-hybridized carbons (Fsp3) is 0.294. The standard InChI is InChI=1S/C17H17N5O3/c23-15-6-5-14(20-21-15)19-16(24)11-7-9-22(10-8-11)17-18-12-3-1-2-4-13(12)25-17/h1-6,11H,7-10H2,(H,21,23)(H,19,20,24). The van der Waals surface area contributed by atoms with Crippen molar-refractivity contribution in [3.05, 3.63) is 46.8 Å². The third-order valence-electron chi connectivity index (χ3n) is 4.35. The normalized spacial score (nSPS) is 15.4. The van der Waals surface area contributed by atoms with Gasteiger partial charge in [0.2, 0.25) is 5.91 Å². The van der Waals surface area contributed by atoms with Gasteiger partial charge >= 0.3 is 0 Å². The van der Waals surface area contributed by atoms with Crippen molar-refractivity contribution in [3.8, 4) is 0 Å². The van der Waals surface area contributed by atoms with Crippen LogP contribution in [0.2, 0.25) is 0 Å². The van der Waals surface area contributed by atoms with Gasteiger partial charge in [-0.2, -0.15) is 10.1 Å². The molecule has 128 valence electrons. The molecule has 0 unspecified atom stereocenters. The summed E-state index contributed by atoms with van der Waals surface area (Å²) in [6.07, 6.45) is 1.40. The summed E-state index contributed by atoms with van der Waals surface area (Å²) in [7, 11) is 0. The minimum absolute atomic E-state index is 0.0863. The average molecular weight is 339 g/mol. The highest BCUT2D eigenvalue weighted by Crippen LogP contribution is 2.26. The van der Waals surface area contributed by atoms with Gasteiger partial charge in [0.25, 0.3) is 11.6 Å². The number of amides is 1. The Kier molecular flexibility index (Phi) is 3.93. The maximum Gasteiger partial charge on any atom is 0.298 e. The first-order valence-electron chi connectivity index (χ1n) is 8.16. The maximum absolute atomic E-state index is 12.3. The highest BCUT2D eigenvalue weighted by molar-refractivity contribution is 5.91. The molecule has 2 N–H and O–H groups in total. The van der Waals surface area contributed by atoms with Crippen molar-refractivity contribution in [2.45, 2.75) is 12.8 Å². The maximum atomic E-state index is 12.3. The van der Waals surface area contributed by atoms with Crippen LogP contribution in [0.15, 0.2) is 45.6 Å². The van der Waals surface area contributed by atoms with Crippen LogP contribution in [-0.2, 0) is 4.79 Å². The first kappa shape index (κ1) is 15.4. The van der Waals surface area contributed by atoms with Gasteiger partial charge in [0.1, 0.15) is 5.52 Å². The second-order valence-corrected chi connectivity index (χ2v) is 6.02. The Balaban J connectivity index is 1.38. The smallest absolute Gasteiger partial charge is 0.298 e. The van der Waals surface area contributed by atoms with Crippen LogP contribution in [0, 0.1) is 5.92 Å². The number of carbonyl (C=O) groups excluding carboxylic acids is 1. The molecule has 3 aromatic rings. The zero-order valence-electron chi connectivity index (χ0n) is 13.4. The Morgan fingerprint density at radius 2 is 2.00 bits per heavy atom. The topological polar surface area (TPSA) is 104 Å². The van der Waals surface area contributed by atoms with Crippen LogP contribution >= 0.6 is 0 Å². The van der Waals surface area contributed by atoms with E-state index in [-0.39, 0.29) is 17.4 Å². The van der Waals surface area contributed by atoms with Crippen molar-refractivity contribution >= 4 is 28.8 Å². The quantitative estimate of drug-likeness (QED) is 0.753. The van der Waals surface area contributed by atoms with Crippen molar-refractivity contribution in [3.63, 3.8) is 0 Å². The van der Waals surface area contributed by atoms with Crippen LogP contribution in [0.5, 0.6) is 0 Å². The lowest BCUT2D eigenvalue weighted by Crippen LogP contribution is -2.38. The molecule has 0 aliphatic carbocycles. The van der Waals surface area contributed by atoms with Crippen molar-refractivity contribution in [2.75, 3.05) is 23.3 Å². The highest BCUT2D eigenvalue weighted by Gasteiger charge is 2.27. The number of benzene rings is 1. The molecule has 25 heavy (non-hydrogen) atoms. The van der Waals surface area contributed by atoms with Crippen LogP contribution in [0.4, 0.5) is 11.8 Å². The second-order valence-electron chi connectivity index (χ2n) is 6.02. The molecule has 1 fully saturated rings. The first-order chi connectivity index (χ1) is 12.2. The Hall–Kier alpha value is -3.16.